The van der Waals surface area contributed by atoms with Crippen LogP contribution in [0.5, 0.6) is 0 Å². The number of amides is 2. The molecule has 1 aliphatic carbocycles. The van der Waals surface area contributed by atoms with Crippen molar-refractivity contribution < 1.29 is 9.53 Å². The monoisotopic (exact) mass is 291 g/mol. The molecule has 0 spiro atoms. The van der Waals surface area contributed by atoms with Crippen molar-refractivity contribution in [2.75, 3.05) is 18.5 Å². The number of nitrogens with one attached hydrogen (secondary N) is 2. The van der Waals surface area contributed by atoms with Crippen LogP contribution >= 0.6 is 0 Å². The van der Waals surface area contributed by atoms with Gasteiger partial charge in [0.25, 0.3) is 0 Å². The van der Waals surface area contributed by atoms with Crippen LogP contribution in [0.25, 0.3) is 0 Å². The lowest BCUT2D eigenvalue weighted by atomic mass is 10.0. The van der Waals surface area contributed by atoms with E-state index in [1.54, 1.807) is 0 Å². The summed E-state index contributed by atoms with van der Waals surface area (Å²) in [6.07, 6.45) is 4.38. The third kappa shape index (κ3) is 4.44. The lowest BCUT2D eigenvalue weighted by Gasteiger charge is -2.29. The van der Waals surface area contributed by atoms with Gasteiger partial charge in [-0.2, -0.15) is 0 Å². The number of carbonyl (C=O) groups is 1. The van der Waals surface area contributed by atoms with Crippen molar-refractivity contribution in [3.05, 3.63) is 29.8 Å². The van der Waals surface area contributed by atoms with E-state index in [1.165, 1.54) is 12.8 Å². The Balaban J connectivity index is 1.83. The number of ether oxygens (including phenoxy) is 1. The molecule has 2 rings (SSSR count). The summed E-state index contributed by atoms with van der Waals surface area (Å²) in [7, 11) is 0. The molecular formula is C16H25N3O2. The average Bonchev–Trinajstić information content (AvgIpc) is 2.95. The fourth-order valence-corrected chi connectivity index (χ4v) is 2.84. The fraction of sp³-hybridized carbons (Fsp3) is 0.562. The van der Waals surface area contributed by atoms with Gasteiger partial charge >= 0.3 is 6.03 Å². The van der Waals surface area contributed by atoms with Gasteiger partial charge in [-0.25, -0.2) is 4.79 Å². The number of benzene rings is 1. The zero-order valence-corrected chi connectivity index (χ0v) is 12.7. The maximum absolute atomic E-state index is 12.0. The Labute approximate surface area is 126 Å². The molecule has 1 aromatic rings. The van der Waals surface area contributed by atoms with Gasteiger partial charge in [0, 0.05) is 25.4 Å². The van der Waals surface area contributed by atoms with Crippen LogP contribution in [0.3, 0.4) is 0 Å². The first-order chi connectivity index (χ1) is 10.2. The topological polar surface area (TPSA) is 76.4 Å². The first-order valence-electron chi connectivity index (χ1n) is 7.65. The standard InChI is InChI=1S/C16H25N3O2/c1-2-21-16(9-3-4-10-16)12-18-15(20)19-14-7-5-13(11-17)6-8-14/h5-8H,2-4,9-12,17H2,1H3,(H2,18,19,20). The molecule has 0 aliphatic heterocycles. The van der Waals surface area contributed by atoms with Crippen molar-refractivity contribution in [3.63, 3.8) is 0 Å². The van der Waals surface area contributed by atoms with Crippen LogP contribution < -0.4 is 16.4 Å². The number of anilines is 1. The van der Waals surface area contributed by atoms with Gasteiger partial charge in [-0.15, -0.1) is 0 Å². The van der Waals surface area contributed by atoms with Crippen LogP contribution in [0.4, 0.5) is 10.5 Å². The Kier molecular flexibility index (Phi) is 5.59. The maximum atomic E-state index is 12.0. The predicted molar refractivity (Wildman–Crippen MR) is 84.2 cm³/mol. The number of urea groups is 1. The molecule has 4 N–H and O–H groups in total. The van der Waals surface area contributed by atoms with Crippen molar-refractivity contribution in [1.82, 2.24) is 5.32 Å². The van der Waals surface area contributed by atoms with Crippen molar-refractivity contribution in [2.24, 2.45) is 5.73 Å². The van der Waals surface area contributed by atoms with Crippen molar-refractivity contribution in [1.29, 1.82) is 0 Å². The van der Waals surface area contributed by atoms with Crippen LogP contribution in [0.15, 0.2) is 24.3 Å². The molecule has 5 heteroatoms. The highest BCUT2D eigenvalue weighted by atomic mass is 16.5. The molecule has 2 amide bonds. The van der Waals surface area contributed by atoms with Gasteiger partial charge in [0.2, 0.25) is 0 Å². The second-order valence-corrected chi connectivity index (χ2v) is 5.53. The Morgan fingerprint density at radius 3 is 2.52 bits per heavy atom. The summed E-state index contributed by atoms with van der Waals surface area (Å²) in [5, 5.41) is 5.76. The van der Waals surface area contributed by atoms with Crippen molar-refractivity contribution in [2.45, 2.75) is 44.8 Å². The van der Waals surface area contributed by atoms with E-state index in [4.69, 9.17) is 10.5 Å². The van der Waals surface area contributed by atoms with E-state index >= 15 is 0 Å². The molecule has 21 heavy (non-hydrogen) atoms. The van der Waals surface area contributed by atoms with E-state index in [0.29, 0.717) is 19.7 Å². The molecule has 116 valence electrons. The van der Waals surface area contributed by atoms with E-state index in [-0.39, 0.29) is 11.6 Å². The van der Waals surface area contributed by atoms with E-state index in [1.807, 2.05) is 31.2 Å². The number of carbonyl (C=O) groups excluding carboxylic acids is 1. The second-order valence-electron chi connectivity index (χ2n) is 5.53. The first kappa shape index (κ1) is 15.8. The third-order valence-corrected chi connectivity index (χ3v) is 3.98. The van der Waals surface area contributed by atoms with Gasteiger partial charge in [0.1, 0.15) is 0 Å². The number of nitrogens with two attached hydrogens (primary N) is 1. The number of hydrogen-bond acceptors (Lipinski definition) is 3. The average molecular weight is 291 g/mol. The Morgan fingerprint density at radius 2 is 1.95 bits per heavy atom. The van der Waals surface area contributed by atoms with Gasteiger partial charge in [0.05, 0.1) is 5.60 Å². The van der Waals surface area contributed by atoms with Crippen LogP contribution in [-0.2, 0) is 11.3 Å². The molecule has 0 saturated heterocycles. The molecule has 1 fully saturated rings. The van der Waals surface area contributed by atoms with Crippen LogP contribution in [-0.4, -0.2) is 24.8 Å². The van der Waals surface area contributed by atoms with Gasteiger partial charge < -0.3 is 21.1 Å². The van der Waals surface area contributed by atoms with Crippen molar-refractivity contribution >= 4 is 11.7 Å². The summed E-state index contributed by atoms with van der Waals surface area (Å²) >= 11 is 0. The molecule has 5 nitrogen and oxygen atoms in total. The summed E-state index contributed by atoms with van der Waals surface area (Å²) in [4.78, 5) is 12.0. The minimum Gasteiger partial charge on any atom is -0.373 e. The van der Waals surface area contributed by atoms with E-state index in [9.17, 15) is 4.79 Å². The Bertz CT molecular complexity index is 453. The molecule has 1 aromatic carbocycles. The largest absolute Gasteiger partial charge is 0.373 e. The van der Waals surface area contributed by atoms with E-state index < -0.39 is 0 Å². The zero-order valence-electron chi connectivity index (χ0n) is 12.7. The van der Waals surface area contributed by atoms with Gasteiger partial charge in [-0.05, 0) is 37.5 Å². The predicted octanol–water partition coefficient (Wildman–Crippen LogP) is 2.62. The normalized spacial score (nSPS) is 16.7. The summed E-state index contributed by atoms with van der Waals surface area (Å²) in [6, 6.07) is 7.34. The molecule has 0 atom stereocenters. The molecule has 1 aliphatic rings. The lowest BCUT2D eigenvalue weighted by Crippen LogP contribution is -2.44. The molecule has 1 saturated carbocycles. The fourth-order valence-electron chi connectivity index (χ4n) is 2.84. The van der Waals surface area contributed by atoms with Crippen LogP contribution in [0.2, 0.25) is 0 Å². The molecule has 0 heterocycles. The second kappa shape index (κ2) is 7.43. The first-order valence-corrected chi connectivity index (χ1v) is 7.65. The van der Waals surface area contributed by atoms with E-state index in [0.717, 1.165) is 24.1 Å². The van der Waals surface area contributed by atoms with Gasteiger partial charge in [0.15, 0.2) is 0 Å². The minimum absolute atomic E-state index is 0.171. The molecule has 0 radical (unpaired) electrons. The van der Waals surface area contributed by atoms with Crippen LogP contribution in [0.1, 0.15) is 38.2 Å². The lowest BCUT2D eigenvalue weighted by molar-refractivity contribution is -0.0304. The van der Waals surface area contributed by atoms with E-state index in [2.05, 4.69) is 10.6 Å². The third-order valence-electron chi connectivity index (χ3n) is 3.98. The zero-order chi connectivity index (χ0) is 15.1. The highest BCUT2D eigenvalue weighted by Crippen LogP contribution is 2.32. The molecular weight excluding hydrogens is 266 g/mol. The molecule has 0 bridgehead atoms. The Hall–Kier alpha value is -1.59. The summed E-state index contributed by atoms with van der Waals surface area (Å²) in [6.45, 7) is 3.75. The minimum atomic E-state index is -0.193. The smallest absolute Gasteiger partial charge is 0.319 e. The molecule has 0 unspecified atom stereocenters. The summed E-state index contributed by atoms with van der Waals surface area (Å²) in [5.74, 6) is 0. The highest BCUT2D eigenvalue weighted by molar-refractivity contribution is 5.89. The maximum Gasteiger partial charge on any atom is 0.319 e. The SMILES string of the molecule is CCOC1(CNC(=O)Nc2ccc(CN)cc2)CCCC1. The summed E-state index contributed by atoms with van der Waals surface area (Å²) in [5.41, 5.74) is 7.19. The number of rotatable bonds is 6. The molecule has 0 aromatic heterocycles. The number of hydrogen-bond donors (Lipinski definition) is 3. The quantitative estimate of drug-likeness (QED) is 0.754. The van der Waals surface area contributed by atoms with Gasteiger partial charge in [-0.1, -0.05) is 25.0 Å². The van der Waals surface area contributed by atoms with Crippen molar-refractivity contribution in [3.8, 4) is 0 Å². The van der Waals surface area contributed by atoms with Gasteiger partial charge in [-0.3, -0.25) is 0 Å². The highest BCUT2D eigenvalue weighted by Gasteiger charge is 2.34. The van der Waals surface area contributed by atoms with Crippen LogP contribution in [0, 0.1) is 0 Å². The Morgan fingerprint density at radius 1 is 1.29 bits per heavy atom. The summed E-state index contributed by atoms with van der Waals surface area (Å²) < 4.78 is 5.86.